The number of para-hydroxylation sites is 1. The number of carbonyl (C=O) groups excluding carboxylic acids is 2. The third-order valence-corrected chi connectivity index (χ3v) is 7.56. The molecule has 2 saturated heterocycles. The van der Waals surface area contributed by atoms with Crippen LogP contribution in [-0.4, -0.2) is 24.5 Å². The van der Waals surface area contributed by atoms with Crippen molar-refractivity contribution in [1.82, 2.24) is 0 Å². The Morgan fingerprint density at radius 2 is 1.62 bits per heavy atom. The van der Waals surface area contributed by atoms with E-state index < -0.39 is 24.0 Å². The van der Waals surface area contributed by atoms with Crippen molar-refractivity contribution >= 4 is 46.4 Å². The van der Waals surface area contributed by atoms with Gasteiger partial charge in [-0.25, -0.2) is 9.96 Å². The monoisotopic (exact) mass is 562 g/mol. The van der Waals surface area contributed by atoms with Gasteiger partial charge < -0.3 is 9.15 Å². The van der Waals surface area contributed by atoms with Crippen LogP contribution in [0.1, 0.15) is 25.1 Å². The molecule has 6 rings (SSSR count). The molecule has 9 heteroatoms. The number of amides is 2. The van der Waals surface area contributed by atoms with Crippen LogP contribution >= 0.6 is 23.2 Å². The van der Waals surface area contributed by atoms with Crippen LogP contribution in [0, 0.1) is 5.92 Å². The first-order valence-electron chi connectivity index (χ1n) is 12.6. The summed E-state index contributed by atoms with van der Waals surface area (Å²) in [6, 6.07) is 24.4. The summed E-state index contributed by atoms with van der Waals surface area (Å²) in [5.74, 6) is 0.112. The summed E-state index contributed by atoms with van der Waals surface area (Å²) >= 11 is 12.3. The fourth-order valence-electron chi connectivity index (χ4n) is 4.98. The van der Waals surface area contributed by atoms with Gasteiger partial charge in [-0.3, -0.25) is 14.4 Å². The highest BCUT2D eigenvalue weighted by molar-refractivity contribution is 6.42. The third-order valence-electron chi connectivity index (χ3n) is 6.82. The Bertz CT molecular complexity index is 1520. The van der Waals surface area contributed by atoms with Crippen LogP contribution in [0.3, 0.4) is 0 Å². The first kappa shape index (κ1) is 25.5. The second-order valence-electron chi connectivity index (χ2n) is 9.34. The van der Waals surface area contributed by atoms with Crippen LogP contribution in [0.5, 0.6) is 5.75 Å². The molecular formula is C30H24Cl2N2O5. The lowest BCUT2D eigenvalue weighted by atomic mass is 9.94. The van der Waals surface area contributed by atoms with Gasteiger partial charge in [0.1, 0.15) is 29.2 Å². The molecule has 2 aliphatic heterocycles. The Labute approximate surface area is 235 Å². The maximum Gasteiger partial charge on any atom is 0.266 e. The number of hydrogen-bond donors (Lipinski definition) is 0. The van der Waals surface area contributed by atoms with Gasteiger partial charge in [0.05, 0.1) is 28.0 Å². The minimum atomic E-state index is -1.00. The first-order valence-corrected chi connectivity index (χ1v) is 13.4. The van der Waals surface area contributed by atoms with E-state index in [9.17, 15) is 9.59 Å². The topological polar surface area (TPSA) is 72.2 Å². The predicted octanol–water partition coefficient (Wildman–Crippen LogP) is 7.09. The second kappa shape index (κ2) is 10.4. The van der Waals surface area contributed by atoms with Crippen molar-refractivity contribution in [3.05, 3.63) is 101 Å². The Morgan fingerprint density at radius 1 is 0.846 bits per heavy atom. The number of benzene rings is 3. The number of nitrogens with zero attached hydrogens (tertiary/aromatic N) is 2. The van der Waals surface area contributed by atoms with E-state index >= 15 is 0 Å². The molecule has 0 unspecified atom stereocenters. The van der Waals surface area contributed by atoms with Gasteiger partial charge in [-0.1, -0.05) is 48.3 Å². The van der Waals surface area contributed by atoms with Crippen molar-refractivity contribution in [1.29, 1.82) is 0 Å². The Kier molecular flexibility index (Phi) is 6.81. The van der Waals surface area contributed by atoms with Crippen molar-refractivity contribution in [2.45, 2.75) is 25.5 Å². The molecule has 0 bridgehead atoms. The molecule has 2 amide bonds. The smallest absolute Gasteiger partial charge is 0.266 e. The Morgan fingerprint density at radius 3 is 2.33 bits per heavy atom. The molecule has 1 aromatic heterocycles. The van der Waals surface area contributed by atoms with Gasteiger partial charge in [0.15, 0.2) is 6.10 Å². The average molecular weight is 563 g/mol. The van der Waals surface area contributed by atoms with Crippen LogP contribution in [0.4, 0.5) is 11.4 Å². The number of rotatable bonds is 7. The Balaban J connectivity index is 1.36. The number of hydrogen-bond acceptors (Lipinski definition) is 6. The predicted molar refractivity (Wildman–Crippen MR) is 149 cm³/mol. The van der Waals surface area contributed by atoms with E-state index in [1.807, 2.05) is 37.3 Å². The standard InChI is InChI=1S/C30H24Cl2N2O5/c1-2-16-37-21-11-9-19(10-12-21)33-29(35)26-27(34(39-28(26)30(33)36)20-6-4-3-5-7-20)25-15-14-24(38-25)18-8-13-22(31)23(32)17-18/h3-15,17,26-28H,2,16H2,1H3/t26-,27+,28-/m0/s1. The van der Waals surface area contributed by atoms with Gasteiger partial charge in [-0.15, -0.1) is 0 Å². The molecule has 0 aliphatic carbocycles. The maximum atomic E-state index is 13.9. The Hall–Kier alpha value is -3.78. The zero-order chi connectivity index (χ0) is 27.1. The number of halogens is 2. The number of fused-ring (bicyclic) bond motifs is 1. The molecule has 39 heavy (non-hydrogen) atoms. The molecule has 2 aliphatic rings. The minimum absolute atomic E-state index is 0.358. The van der Waals surface area contributed by atoms with Crippen LogP contribution in [0.2, 0.25) is 10.0 Å². The number of ether oxygens (including phenoxy) is 1. The van der Waals surface area contributed by atoms with Gasteiger partial charge in [-0.2, -0.15) is 0 Å². The summed E-state index contributed by atoms with van der Waals surface area (Å²) in [6.07, 6.45) is -0.123. The van der Waals surface area contributed by atoms with Crippen LogP contribution in [0.15, 0.2) is 89.3 Å². The van der Waals surface area contributed by atoms with Crippen LogP contribution in [0.25, 0.3) is 11.3 Å². The quantitative estimate of drug-likeness (QED) is 0.224. The SMILES string of the molecule is CCCOc1ccc(N2C(=O)[C@@H]3[C@H](ON(c4ccccc4)[C@@H]3c3ccc(-c4ccc(Cl)c(Cl)c4)o3)C2=O)cc1. The number of hydroxylamine groups is 1. The molecule has 0 N–H and O–H groups in total. The molecule has 7 nitrogen and oxygen atoms in total. The number of anilines is 2. The normalized spacial score (nSPS) is 20.5. The van der Waals surface area contributed by atoms with E-state index in [4.69, 9.17) is 37.2 Å². The van der Waals surface area contributed by atoms with Crippen molar-refractivity contribution in [3.8, 4) is 17.1 Å². The maximum absolute atomic E-state index is 13.9. The molecule has 3 aromatic carbocycles. The molecule has 0 saturated carbocycles. The molecule has 3 heterocycles. The van der Waals surface area contributed by atoms with E-state index in [-0.39, 0.29) is 5.91 Å². The molecular weight excluding hydrogens is 539 g/mol. The van der Waals surface area contributed by atoms with E-state index in [2.05, 4.69) is 0 Å². The summed E-state index contributed by atoms with van der Waals surface area (Å²) in [4.78, 5) is 34.8. The molecule has 0 spiro atoms. The van der Waals surface area contributed by atoms with Crippen LogP contribution < -0.4 is 14.7 Å². The lowest BCUT2D eigenvalue weighted by molar-refractivity contribution is -0.126. The molecule has 3 atom stereocenters. The summed E-state index contributed by atoms with van der Waals surface area (Å²) < 4.78 is 11.9. The lowest BCUT2D eigenvalue weighted by Crippen LogP contribution is -2.37. The zero-order valence-corrected chi connectivity index (χ0v) is 22.4. The average Bonchev–Trinajstić information content (AvgIpc) is 3.65. The van der Waals surface area contributed by atoms with E-state index in [0.29, 0.717) is 45.3 Å². The number of furan rings is 1. The van der Waals surface area contributed by atoms with Gasteiger partial charge in [0.2, 0.25) is 5.91 Å². The molecule has 198 valence electrons. The number of imide groups is 1. The number of carbonyl (C=O) groups is 2. The fourth-order valence-corrected chi connectivity index (χ4v) is 5.28. The van der Waals surface area contributed by atoms with Gasteiger partial charge in [-0.05, 0) is 73.2 Å². The lowest BCUT2D eigenvalue weighted by Gasteiger charge is -2.27. The third kappa shape index (κ3) is 4.56. The largest absolute Gasteiger partial charge is 0.494 e. The summed E-state index contributed by atoms with van der Waals surface area (Å²) in [7, 11) is 0. The highest BCUT2D eigenvalue weighted by Crippen LogP contribution is 2.48. The van der Waals surface area contributed by atoms with E-state index in [1.54, 1.807) is 59.7 Å². The summed E-state index contributed by atoms with van der Waals surface area (Å²) in [5, 5.41) is 2.44. The minimum Gasteiger partial charge on any atom is -0.494 e. The van der Waals surface area contributed by atoms with Crippen molar-refractivity contribution in [2.75, 3.05) is 16.6 Å². The van der Waals surface area contributed by atoms with Crippen molar-refractivity contribution in [3.63, 3.8) is 0 Å². The van der Waals surface area contributed by atoms with Crippen molar-refractivity contribution in [2.24, 2.45) is 5.92 Å². The van der Waals surface area contributed by atoms with Gasteiger partial charge in [0, 0.05) is 5.56 Å². The highest BCUT2D eigenvalue weighted by atomic mass is 35.5. The molecule has 0 radical (unpaired) electrons. The van der Waals surface area contributed by atoms with Crippen LogP contribution in [-0.2, 0) is 14.4 Å². The van der Waals surface area contributed by atoms with Gasteiger partial charge in [0.25, 0.3) is 5.91 Å². The first-order chi connectivity index (χ1) is 19.0. The fraction of sp³-hybridized carbons (Fsp3) is 0.200. The zero-order valence-electron chi connectivity index (χ0n) is 20.9. The van der Waals surface area contributed by atoms with Crippen molar-refractivity contribution < 1.29 is 23.6 Å². The summed E-state index contributed by atoms with van der Waals surface area (Å²) in [5.41, 5.74) is 1.90. The second-order valence-corrected chi connectivity index (χ2v) is 10.2. The van der Waals surface area contributed by atoms with Gasteiger partial charge >= 0.3 is 0 Å². The van der Waals surface area contributed by atoms with E-state index in [0.717, 1.165) is 12.0 Å². The molecule has 4 aromatic rings. The highest BCUT2D eigenvalue weighted by Gasteiger charge is 2.61. The van der Waals surface area contributed by atoms with E-state index in [1.165, 1.54) is 4.90 Å². The molecule has 2 fully saturated rings. The summed E-state index contributed by atoms with van der Waals surface area (Å²) in [6.45, 7) is 2.61.